The molecule has 4 rings (SSSR count). The summed E-state index contributed by atoms with van der Waals surface area (Å²) in [6, 6.07) is 12.3. The second-order valence-corrected chi connectivity index (χ2v) is 9.53. The first kappa shape index (κ1) is 24.5. The lowest BCUT2D eigenvalue weighted by Crippen LogP contribution is -2.40. The highest BCUT2D eigenvalue weighted by molar-refractivity contribution is 5.74. The van der Waals surface area contributed by atoms with Gasteiger partial charge in [-0.1, -0.05) is 37.5 Å². The molecule has 5 nitrogen and oxygen atoms in total. The molecule has 2 fully saturated rings. The molecule has 0 spiro atoms. The van der Waals surface area contributed by atoms with Gasteiger partial charge in [-0.15, -0.1) is 0 Å². The van der Waals surface area contributed by atoms with E-state index in [9.17, 15) is 14.3 Å². The van der Waals surface area contributed by atoms with E-state index in [0.717, 1.165) is 23.3 Å². The highest BCUT2D eigenvalue weighted by Gasteiger charge is 2.34. The van der Waals surface area contributed by atoms with E-state index in [1.54, 1.807) is 12.1 Å². The molecule has 0 radical (unpaired) electrons. The van der Waals surface area contributed by atoms with Gasteiger partial charge >= 0.3 is 5.97 Å². The third-order valence-electron chi connectivity index (χ3n) is 7.20. The minimum atomic E-state index is -0.744. The number of hydrogen-bond acceptors (Lipinski definition) is 5. The predicted octanol–water partition coefficient (Wildman–Crippen LogP) is 5.57. The van der Waals surface area contributed by atoms with E-state index >= 15 is 0 Å². The van der Waals surface area contributed by atoms with Gasteiger partial charge in [-0.25, -0.2) is 4.39 Å². The molecule has 1 unspecified atom stereocenters. The largest absolute Gasteiger partial charge is 0.494 e. The summed E-state index contributed by atoms with van der Waals surface area (Å²) in [7, 11) is 0. The maximum absolute atomic E-state index is 13.2. The number of rotatable bonds is 9. The van der Waals surface area contributed by atoms with Gasteiger partial charge in [0.15, 0.2) is 0 Å². The van der Waals surface area contributed by atoms with Gasteiger partial charge in [0.1, 0.15) is 29.8 Å². The zero-order valence-corrected chi connectivity index (χ0v) is 19.9. The van der Waals surface area contributed by atoms with Gasteiger partial charge in [0.25, 0.3) is 0 Å². The number of aryl methyl sites for hydroxylation is 1. The lowest BCUT2D eigenvalue weighted by Gasteiger charge is -2.33. The van der Waals surface area contributed by atoms with Crippen LogP contribution in [0.4, 0.5) is 4.39 Å². The molecule has 0 bridgehead atoms. The van der Waals surface area contributed by atoms with Gasteiger partial charge in [0.2, 0.25) is 0 Å². The fourth-order valence-electron chi connectivity index (χ4n) is 5.28. The molecule has 2 aromatic carbocycles. The number of hydrogen-bond donors (Lipinski definition) is 1. The van der Waals surface area contributed by atoms with Gasteiger partial charge in [-0.3, -0.25) is 4.79 Å². The van der Waals surface area contributed by atoms with E-state index in [-0.39, 0.29) is 24.9 Å². The third kappa shape index (κ3) is 6.09. The van der Waals surface area contributed by atoms with Crippen molar-refractivity contribution in [3.05, 3.63) is 59.4 Å². The van der Waals surface area contributed by atoms with Crippen LogP contribution < -0.4 is 9.47 Å². The Balaban J connectivity index is 1.52. The second-order valence-electron chi connectivity index (χ2n) is 9.53. The molecule has 1 aliphatic carbocycles. The molecule has 2 aromatic rings. The van der Waals surface area contributed by atoms with Crippen molar-refractivity contribution >= 4 is 5.97 Å². The van der Waals surface area contributed by atoms with Crippen molar-refractivity contribution in [1.82, 2.24) is 0 Å². The van der Waals surface area contributed by atoms with Crippen molar-refractivity contribution in [3.8, 4) is 11.5 Å². The number of benzene rings is 2. The average Bonchev–Trinajstić information content (AvgIpc) is 2.84. The number of carbonyl (C=O) groups is 1. The molecule has 1 N–H and O–H groups in total. The standard InChI is InChI=1S/C28H35FO5/c1-19-6-5-9-24(27(19)34-18-25-26(30)15-17-33-28(25)31)23(20-7-3-2-4-8-20)14-16-32-22-12-10-21(29)11-13-22/h5-6,9-13,20,23,25-26,30H,2-4,7-8,14-18H2,1H3/t23?,25-,26+/m0/s1. The number of esters is 1. The zero-order valence-electron chi connectivity index (χ0n) is 19.9. The van der Waals surface area contributed by atoms with E-state index in [0.29, 0.717) is 24.7 Å². The number of ether oxygens (including phenoxy) is 3. The normalized spacial score (nSPS) is 22.1. The summed E-state index contributed by atoms with van der Waals surface area (Å²) in [6.07, 6.45) is 6.57. The van der Waals surface area contributed by atoms with E-state index < -0.39 is 18.0 Å². The first-order valence-corrected chi connectivity index (χ1v) is 12.5. The molecule has 1 aliphatic heterocycles. The Bertz CT molecular complexity index is 938. The lowest BCUT2D eigenvalue weighted by atomic mass is 9.75. The molecule has 6 heteroatoms. The summed E-state index contributed by atoms with van der Waals surface area (Å²) < 4.78 is 30.6. The molecule has 34 heavy (non-hydrogen) atoms. The summed E-state index contributed by atoms with van der Waals surface area (Å²) >= 11 is 0. The van der Waals surface area contributed by atoms with E-state index in [4.69, 9.17) is 14.2 Å². The summed E-state index contributed by atoms with van der Waals surface area (Å²) in [5.41, 5.74) is 2.14. The number of cyclic esters (lactones) is 1. The Kier molecular flexibility index (Phi) is 8.44. The van der Waals surface area contributed by atoms with Crippen molar-refractivity contribution < 1.29 is 28.5 Å². The Morgan fingerprint density at radius 2 is 1.82 bits per heavy atom. The first-order valence-electron chi connectivity index (χ1n) is 12.5. The minimum absolute atomic E-state index is 0.0985. The Morgan fingerprint density at radius 3 is 2.56 bits per heavy atom. The molecule has 3 atom stereocenters. The van der Waals surface area contributed by atoms with Crippen LogP contribution in [0.3, 0.4) is 0 Å². The smallest absolute Gasteiger partial charge is 0.315 e. The SMILES string of the molecule is Cc1cccc(C(CCOc2ccc(F)cc2)C2CCCCC2)c1OC[C@@H]1C(=O)OCC[C@H]1O. The van der Waals surface area contributed by atoms with Gasteiger partial charge in [-0.05, 0) is 73.4 Å². The van der Waals surface area contributed by atoms with Gasteiger partial charge < -0.3 is 19.3 Å². The summed E-state index contributed by atoms with van der Waals surface area (Å²) in [5, 5.41) is 10.3. The maximum atomic E-state index is 13.2. The quantitative estimate of drug-likeness (QED) is 0.486. The van der Waals surface area contributed by atoms with Crippen LogP contribution >= 0.6 is 0 Å². The molecule has 0 aromatic heterocycles. The van der Waals surface area contributed by atoms with E-state index in [1.807, 2.05) is 13.0 Å². The van der Waals surface area contributed by atoms with Crippen molar-refractivity contribution in [2.24, 2.45) is 11.8 Å². The monoisotopic (exact) mass is 470 g/mol. The van der Waals surface area contributed by atoms with Gasteiger partial charge in [0.05, 0.1) is 19.3 Å². The first-order chi connectivity index (χ1) is 16.5. The van der Waals surface area contributed by atoms with Crippen LogP contribution in [0.15, 0.2) is 42.5 Å². The van der Waals surface area contributed by atoms with Crippen molar-refractivity contribution in [2.45, 2.75) is 63.9 Å². The number of aliphatic hydroxyl groups is 1. The fourth-order valence-corrected chi connectivity index (χ4v) is 5.28. The number of carbonyl (C=O) groups excluding carboxylic acids is 1. The van der Waals surface area contributed by atoms with Crippen LogP contribution in [-0.2, 0) is 9.53 Å². The Labute approximate surface area is 201 Å². The van der Waals surface area contributed by atoms with Crippen LogP contribution in [-0.4, -0.2) is 37.0 Å². The predicted molar refractivity (Wildman–Crippen MR) is 128 cm³/mol. The molecule has 1 heterocycles. The van der Waals surface area contributed by atoms with E-state index in [2.05, 4.69) is 12.1 Å². The van der Waals surface area contributed by atoms with Crippen LogP contribution in [0.1, 0.15) is 62.0 Å². The number of aliphatic hydroxyl groups excluding tert-OH is 1. The molecule has 2 aliphatic rings. The van der Waals surface area contributed by atoms with Crippen LogP contribution in [0.5, 0.6) is 11.5 Å². The Morgan fingerprint density at radius 1 is 1.06 bits per heavy atom. The molecular weight excluding hydrogens is 435 g/mol. The number of halogens is 1. The van der Waals surface area contributed by atoms with E-state index in [1.165, 1.54) is 44.2 Å². The summed E-state index contributed by atoms with van der Waals surface area (Å²) in [5.74, 6) is 0.890. The van der Waals surface area contributed by atoms with Gasteiger partial charge in [-0.2, -0.15) is 0 Å². The summed E-state index contributed by atoms with van der Waals surface area (Å²) in [6.45, 7) is 2.89. The highest BCUT2D eigenvalue weighted by Crippen LogP contribution is 2.43. The van der Waals surface area contributed by atoms with Crippen molar-refractivity contribution in [1.29, 1.82) is 0 Å². The van der Waals surface area contributed by atoms with Crippen LogP contribution in [0.2, 0.25) is 0 Å². The van der Waals surface area contributed by atoms with Gasteiger partial charge in [0, 0.05) is 6.42 Å². The Hall–Kier alpha value is -2.60. The minimum Gasteiger partial charge on any atom is -0.494 e. The maximum Gasteiger partial charge on any atom is 0.315 e. The highest BCUT2D eigenvalue weighted by atomic mass is 19.1. The molecule has 184 valence electrons. The number of para-hydroxylation sites is 1. The van der Waals surface area contributed by atoms with Crippen molar-refractivity contribution in [2.75, 3.05) is 19.8 Å². The van der Waals surface area contributed by atoms with Crippen LogP contribution in [0.25, 0.3) is 0 Å². The van der Waals surface area contributed by atoms with Crippen molar-refractivity contribution in [3.63, 3.8) is 0 Å². The molecule has 1 saturated heterocycles. The fraction of sp³-hybridized carbons (Fsp3) is 0.536. The second kappa shape index (κ2) is 11.7. The molecular formula is C28H35FO5. The van der Waals surface area contributed by atoms with Crippen LogP contribution in [0, 0.1) is 24.6 Å². The molecule has 0 amide bonds. The molecule has 1 saturated carbocycles. The zero-order chi connectivity index (χ0) is 23.9. The topological polar surface area (TPSA) is 65.0 Å². The lowest BCUT2D eigenvalue weighted by molar-refractivity contribution is -0.162. The summed E-state index contributed by atoms with van der Waals surface area (Å²) in [4.78, 5) is 12.2. The third-order valence-corrected chi connectivity index (χ3v) is 7.20. The average molecular weight is 471 g/mol.